The maximum Gasteiger partial charge on any atom is 0.220 e. The van der Waals surface area contributed by atoms with Gasteiger partial charge in [0.15, 0.2) is 5.16 Å². The summed E-state index contributed by atoms with van der Waals surface area (Å²) in [7, 11) is 0. The Morgan fingerprint density at radius 2 is 1.88 bits per heavy atom. The van der Waals surface area contributed by atoms with Crippen LogP contribution in [0.25, 0.3) is 0 Å². The fourth-order valence-electron chi connectivity index (χ4n) is 2.64. The van der Waals surface area contributed by atoms with Crippen LogP contribution in [0.2, 0.25) is 10.0 Å². The number of carbonyl (C=O) groups excluding carboxylic acids is 1. The molecule has 1 heterocycles. The van der Waals surface area contributed by atoms with Gasteiger partial charge in [0, 0.05) is 27.9 Å². The van der Waals surface area contributed by atoms with E-state index in [0.717, 1.165) is 27.7 Å². The van der Waals surface area contributed by atoms with Gasteiger partial charge in [-0.15, -0.1) is 0 Å². The summed E-state index contributed by atoms with van der Waals surface area (Å²) >= 11 is 13.6. The summed E-state index contributed by atoms with van der Waals surface area (Å²) in [5, 5.41) is 4.86. The lowest BCUT2D eigenvalue weighted by molar-refractivity contribution is -0.121. The Balaban J connectivity index is 1.99. The first-order valence-electron chi connectivity index (χ1n) is 7.94. The SMILES string of the molecule is CSc1nc(C)c(CCC(=O)N[C@H](C)c2ccc(Cl)cc2Cl)c(C)n1. The van der Waals surface area contributed by atoms with Crippen molar-refractivity contribution in [2.45, 2.75) is 44.8 Å². The van der Waals surface area contributed by atoms with Crippen LogP contribution in [0.5, 0.6) is 0 Å². The molecule has 134 valence electrons. The number of benzene rings is 1. The molecule has 0 bridgehead atoms. The molecule has 0 aliphatic carbocycles. The molecular weight excluding hydrogens is 377 g/mol. The van der Waals surface area contributed by atoms with E-state index in [1.807, 2.05) is 33.1 Å². The fourth-order valence-corrected chi connectivity index (χ4v) is 3.67. The highest BCUT2D eigenvalue weighted by Gasteiger charge is 2.15. The predicted molar refractivity (Wildman–Crippen MR) is 105 cm³/mol. The van der Waals surface area contributed by atoms with Gasteiger partial charge in [0.2, 0.25) is 5.91 Å². The van der Waals surface area contributed by atoms with E-state index in [2.05, 4.69) is 15.3 Å². The first kappa shape index (κ1) is 20.0. The van der Waals surface area contributed by atoms with Crippen LogP contribution in [0.4, 0.5) is 0 Å². The van der Waals surface area contributed by atoms with E-state index in [1.165, 1.54) is 11.8 Å². The third-order valence-corrected chi connectivity index (χ3v) is 5.10. The molecule has 1 aromatic carbocycles. The Morgan fingerprint density at radius 1 is 1.24 bits per heavy atom. The lowest BCUT2D eigenvalue weighted by Gasteiger charge is -2.16. The predicted octanol–water partition coefficient (Wildman–Crippen LogP) is 4.93. The summed E-state index contributed by atoms with van der Waals surface area (Å²) < 4.78 is 0. The smallest absolute Gasteiger partial charge is 0.220 e. The molecule has 0 saturated carbocycles. The van der Waals surface area contributed by atoms with Gasteiger partial charge in [-0.05, 0) is 56.7 Å². The number of thioether (sulfide) groups is 1. The van der Waals surface area contributed by atoms with Gasteiger partial charge in [-0.3, -0.25) is 4.79 Å². The van der Waals surface area contributed by atoms with Crippen LogP contribution in [-0.4, -0.2) is 22.1 Å². The molecule has 7 heteroatoms. The molecule has 1 N–H and O–H groups in total. The van der Waals surface area contributed by atoms with E-state index >= 15 is 0 Å². The first-order chi connectivity index (χ1) is 11.8. The van der Waals surface area contributed by atoms with Gasteiger partial charge in [-0.1, -0.05) is 41.0 Å². The van der Waals surface area contributed by atoms with Gasteiger partial charge < -0.3 is 5.32 Å². The van der Waals surface area contributed by atoms with Crippen molar-refractivity contribution < 1.29 is 4.79 Å². The summed E-state index contributed by atoms with van der Waals surface area (Å²) in [4.78, 5) is 21.2. The van der Waals surface area contributed by atoms with Crippen molar-refractivity contribution in [1.82, 2.24) is 15.3 Å². The van der Waals surface area contributed by atoms with Crippen LogP contribution in [0.1, 0.15) is 41.9 Å². The van der Waals surface area contributed by atoms with Crippen LogP contribution < -0.4 is 5.32 Å². The number of nitrogens with one attached hydrogen (secondary N) is 1. The van der Waals surface area contributed by atoms with E-state index in [9.17, 15) is 4.79 Å². The average Bonchev–Trinajstić information content (AvgIpc) is 2.53. The van der Waals surface area contributed by atoms with Gasteiger partial charge in [0.25, 0.3) is 0 Å². The van der Waals surface area contributed by atoms with E-state index in [4.69, 9.17) is 23.2 Å². The van der Waals surface area contributed by atoms with Crippen LogP contribution in [0, 0.1) is 13.8 Å². The molecule has 0 saturated heterocycles. The maximum atomic E-state index is 12.3. The molecule has 1 atom stereocenters. The molecular formula is C18H21Cl2N3OS. The van der Waals surface area contributed by atoms with Crippen molar-refractivity contribution in [3.63, 3.8) is 0 Å². The fraction of sp³-hybridized carbons (Fsp3) is 0.389. The number of hydrogen-bond donors (Lipinski definition) is 1. The number of aromatic nitrogens is 2. The molecule has 1 aromatic heterocycles. The lowest BCUT2D eigenvalue weighted by atomic mass is 10.1. The molecule has 0 unspecified atom stereocenters. The third kappa shape index (κ3) is 5.33. The first-order valence-corrected chi connectivity index (χ1v) is 9.92. The largest absolute Gasteiger partial charge is 0.350 e. The topological polar surface area (TPSA) is 54.9 Å². The number of halogens is 2. The Hall–Kier alpha value is -1.30. The number of hydrogen-bond acceptors (Lipinski definition) is 4. The van der Waals surface area contributed by atoms with E-state index in [1.54, 1.807) is 12.1 Å². The van der Waals surface area contributed by atoms with Crippen LogP contribution in [0.3, 0.4) is 0 Å². The quantitative estimate of drug-likeness (QED) is 0.554. The normalized spacial score (nSPS) is 12.1. The standard InChI is InChI=1S/C18H21Cl2N3OS/c1-10-14(11(2)23-18(22-10)25-4)7-8-17(24)21-12(3)15-6-5-13(19)9-16(15)20/h5-6,9,12H,7-8H2,1-4H3,(H,21,24)/t12-/m1/s1. The van der Waals surface area contributed by atoms with E-state index in [0.29, 0.717) is 22.9 Å². The number of nitrogens with zero attached hydrogens (tertiary/aromatic N) is 2. The number of amides is 1. The van der Waals surface area contributed by atoms with Gasteiger partial charge in [0.1, 0.15) is 0 Å². The Morgan fingerprint density at radius 3 is 2.44 bits per heavy atom. The summed E-state index contributed by atoms with van der Waals surface area (Å²) in [6.07, 6.45) is 2.93. The van der Waals surface area contributed by atoms with Gasteiger partial charge in [0.05, 0.1) is 6.04 Å². The molecule has 2 aromatic rings. The summed E-state index contributed by atoms with van der Waals surface area (Å²) in [6.45, 7) is 5.81. The van der Waals surface area contributed by atoms with Crippen LogP contribution >= 0.6 is 35.0 Å². The zero-order valence-corrected chi connectivity index (χ0v) is 17.0. The second-order valence-electron chi connectivity index (χ2n) is 5.81. The highest BCUT2D eigenvalue weighted by Crippen LogP contribution is 2.26. The number of aryl methyl sites for hydroxylation is 2. The number of rotatable bonds is 6. The highest BCUT2D eigenvalue weighted by atomic mass is 35.5. The molecule has 2 rings (SSSR count). The molecule has 0 radical (unpaired) electrons. The van der Waals surface area contributed by atoms with Crippen molar-refractivity contribution in [3.05, 3.63) is 50.8 Å². The minimum Gasteiger partial charge on any atom is -0.350 e. The second kappa shape index (κ2) is 8.88. The van der Waals surface area contributed by atoms with Crippen molar-refractivity contribution in [3.8, 4) is 0 Å². The van der Waals surface area contributed by atoms with Crippen molar-refractivity contribution in [2.75, 3.05) is 6.26 Å². The van der Waals surface area contributed by atoms with E-state index < -0.39 is 0 Å². The third-order valence-electron chi connectivity index (χ3n) is 3.99. The van der Waals surface area contributed by atoms with Crippen molar-refractivity contribution >= 4 is 40.9 Å². The molecule has 0 aliphatic rings. The van der Waals surface area contributed by atoms with Crippen molar-refractivity contribution in [1.29, 1.82) is 0 Å². The zero-order valence-electron chi connectivity index (χ0n) is 14.7. The molecule has 25 heavy (non-hydrogen) atoms. The monoisotopic (exact) mass is 397 g/mol. The average molecular weight is 398 g/mol. The van der Waals surface area contributed by atoms with Gasteiger partial charge >= 0.3 is 0 Å². The Kier molecular flexibility index (Phi) is 7.11. The molecule has 0 aliphatic heterocycles. The van der Waals surface area contributed by atoms with Gasteiger partial charge in [-0.2, -0.15) is 0 Å². The highest BCUT2D eigenvalue weighted by molar-refractivity contribution is 7.98. The molecule has 0 spiro atoms. The summed E-state index contributed by atoms with van der Waals surface area (Å²) in [5.41, 5.74) is 3.74. The van der Waals surface area contributed by atoms with Gasteiger partial charge in [-0.25, -0.2) is 9.97 Å². The van der Waals surface area contributed by atoms with E-state index in [-0.39, 0.29) is 11.9 Å². The Bertz CT molecular complexity index is 760. The molecule has 0 fully saturated rings. The summed E-state index contributed by atoms with van der Waals surface area (Å²) in [5.74, 6) is -0.0359. The van der Waals surface area contributed by atoms with Crippen molar-refractivity contribution in [2.24, 2.45) is 0 Å². The lowest BCUT2D eigenvalue weighted by Crippen LogP contribution is -2.27. The van der Waals surface area contributed by atoms with Crippen LogP contribution in [-0.2, 0) is 11.2 Å². The number of carbonyl (C=O) groups is 1. The Labute approximate surface area is 162 Å². The molecule has 4 nitrogen and oxygen atoms in total. The summed E-state index contributed by atoms with van der Waals surface area (Å²) in [6, 6.07) is 5.09. The minimum absolute atomic E-state index is 0.0359. The molecule has 1 amide bonds. The second-order valence-corrected chi connectivity index (χ2v) is 7.43. The zero-order chi connectivity index (χ0) is 18.6. The minimum atomic E-state index is -0.186. The van der Waals surface area contributed by atoms with Crippen LogP contribution in [0.15, 0.2) is 23.4 Å². The maximum absolute atomic E-state index is 12.3.